The van der Waals surface area contributed by atoms with Crippen molar-refractivity contribution in [1.82, 2.24) is 4.98 Å². The predicted octanol–water partition coefficient (Wildman–Crippen LogP) is 4.38. The Labute approximate surface area is 129 Å². The molecule has 5 nitrogen and oxygen atoms in total. The summed E-state index contributed by atoms with van der Waals surface area (Å²) in [4.78, 5) is 14.8. The molecule has 1 aromatic carbocycles. The number of pyridine rings is 1. The van der Waals surface area contributed by atoms with Gasteiger partial charge in [0, 0.05) is 22.6 Å². The van der Waals surface area contributed by atoms with Gasteiger partial charge >= 0.3 is 0 Å². The number of nitro groups is 1. The van der Waals surface area contributed by atoms with E-state index in [1.54, 1.807) is 0 Å². The van der Waals surface area contributed by atoms with E-state index in [9.17, 15) is 14.5 Å². The highest BCUT2D eigenvalue weighted by Crippen LogP contribution is 2.32. The second kappa shape index (κ2) is 6.62. The molecule has 0 bridgehead atoms. The van der Waals surface area contributed by atoms with E-state index in [-0.39, 0.29) is 16.9 Å². The molecule has 0 amide bonds. The summed E-state index contributed by atoms with van der Waals surface area (Å²) in [6, 6.07) is 7.11. The first-order valence-corrected chi connectivity index (χ1v) is 7.17. The third-order valence-corrected chi connectivity index (χ3v) is 3.30. The van der Waals surface area contributed by atoms with Crippen molar-refractivity contribution in [3.63, 3.8) is 0 Å². The number of hydrogen-bond donors (Lipinski definition) is 1. The zero-order valence-corrected chi connectivity index (χ0v) is 12.9. The minimum Gasteiger partial charge on any atom is -0.370 e. The highest BCUT2D eigenvalue weighted by molar-refractivity contribution is 9.10. The summed E-state index contributed by atoms with van der Waals surface area (Å²) >= 11 is 3.24. The molecule has 2 aromatic rings. The van der Waals surface area contributed by atoms with Crippen molar-refractivity contribution in [2.45, 2.75) is 13.3 Å². The average Bonchev–Trinajstić information content (AvgIpc) is 2.47. The number of benzene rings is 1. The van der Waals surface area contributed by atoms with Gasteiger partial charge in [-0.05, 0) is 30.7 Å². The molecule has 1 aromatic heterocycles. The lowest BCUT2D eigenvalue weighted by atomic mass is 10.1. The van der Waals surface area contributed by atoms with Gasteiger partial charge in [-0.15, -0.1) is 0 Å². The number of nitrogens with one attached hydrogen (secondary N) is 1. The van der Waals surface area contributed by atoms with Crippen LogP contribution in [0, 0.1) is 15.9 Å². The highest BCUT2D eigenvalue weighted by atomic mass is 79.9. The maximum atomic E-state index is 14.0. The zero-order valence-electron chi connectivity index (χ0n) is 11.3. The smallest absolute Gasteiger partial charge is 0.295 e. The molecule has 0 radical (unpaired) electrons. The molecule has 0 saturated carbocycles. The third-order valence-electron chi connectivity index (χ3n) is 2.81. The Morgan fingerprint density at radius 2 is 2.14 bits per heavy atom. The molecule has 0 fully saturated rings. The number of halogens is 2. The summed E-state index contributed by atoms with van der Waals surface area (Å²) in [6.45, 7) is 2.68. The Hall–Kier alpha value is -2.02. The van der Waals surface area contributed by atoms with E-state index >= 15 is 0 Å². The van der Waals surface area contributed by atoms with Gasteiger partial charge in [0.25, 0.3) is 5.69 Å². The lowest BCUT2D eigenvalue weighted by Gasteiger charge is -2.08. The molecule has 2 rings (SSSR count). The molecular weight excluding hydrogens is 341 g/mol. The third kappa shape index (κ3) is 3.55. The fourth-order valence-corrected chi connectivity index (χ4v) is 2.19. The molecule has 0 atom stereocenters. The van der Waals surface area contributed by atoms with Crippen molar-refractivity contribution >= 4 is 27.4 Å². The van der Waals surface area contributed by atoms with Crippen molar-refractivity contribution in [2.24, 2.45) is 0 Å². The molecule has 0 spiro atoms. The average molecular weight is 354 g/mol. The summed E-state index contributed by atoms with van der Waals surface area (Å²) in [5, 5.41) is 14.2. The molecule has 0 saturated heterocycles. The SMILES string of the molecule is CCCNc1ccc([N+](=O)[O-])c(-c2cc(Br)ccc2F)n1. The van der Waals surface area contributed by atoms with E-state index in [4.69, 9.17) is 0 Å². The molecule has 7 heteroatoms. The van der Waals surface area contributed by atoms with Crippen LogP contribution < -0.4 is 5.32 Å². The molecular formula is C14H13BrFN3O2. The maximum Gasteiger partial charge on any atom is 0.295 e. The summed E-state index contributed by atoms with van der Waals surface area (Å²) in [5.41, 5.74) is -0.120. The Kier molecular flexibility index (Phi) is 4.85. The van der Waals surface area contributed by atoms with E-state index in [0.717, 1.165) is 6.42 Å². The van der Waals surface area contributed by atoms with Crippen molar-refractivity contribution in [1.29, 1.82) is 0 Å². The number of rotatable bonds is 5. The van der Waals surface area contributed by atoms with Crippen LogP contribution in [0.5, 0.6) is 0 Å². The second-order valence-electron chi connectivity index (χ2n) is 4.37. The molecule has 0 unspecified atom stereocenters. The normalized spacial score (nSPS) is 10.4. The van der Waals surface area contributed by atoms with Gasteiger partial charge in [-0.1, -0.05) is 22.9 Å². The van der Waals surface area contributed by atoms with E-state index in [1.807, 2.05) is 6.92 Å². The lowest BCUT2D eigenvalue weighted by Crippen LogP contribution is -2.04. The summed E-state index contributed by atoms with van der Waals surface area (Å²) < 4.78 is 14.6. The first-order chi connectivity index (χ1) is 10.0. The fraction of sp³-hybridized carbons (Fsp3) is 0.214. The van der Waals surface area contributed by atoms with Gasteiger partial charge in [0.15, 0.2) is 5.69 Å². The van der Waals surface area contributed by atoms with E-state index in [1.165, 1.54) is 30.3 Å². The topological polar surface area (TPSA) is 68.1 Å². The Bertz CT molecular complexity index is 679. The van der Waals surface area contributed by atoms with Crippen LogP contribution >= 0.6 is 15.9 Å². The minimum atomic E-state index is -0.563. The number of anilines is 1. The van der Waals surface area contributed by atoms with Gasteiger partial charge in [0.1, 0.15) is 11.6 Å². The van der Waals surface area contributed by atoms with Gasteiger partial charge in [0.2, 0.25) is 0 Å². The van der Waals surface area contributed by atoms with Crippen molar-refractivity contribution in [2.75, 3.05) is 11.9 Å². The van der Waals surface area contributed by atoms with Crippen molar-refractivity contribution in [3.8, 4) is 11.3 Å². The van der Waals surface area contributed by atoms with Gasteiger partial charge in [-0.2, -0.15) is 0 Å². The van der Waals surface area contributed by atoms with Crippen LogP contribution in [0.1, 0.15) is 13.3 Å². The van der Waals surface area contributed by atoms with Crippen LogP contribution in [0.4, 0.5) is 15.9 Å². The van der Waals surface area contributed by atoms with Gasteiger partial charge in [0.05, 0.1) is 4.92 Å². The number of hydrogen-bond acceptors (Lipinski definition) is 4. The molecule has 0 aliphatic rings. The molecule has 0 aliphatic heterocycles. The van der Waals surface area contributed by atoms with E-state index in [2.05, 4.69) is 26.2 Å². The van der Waals surface area contributed by atoms with Gasteiger partial charge in [-0.3, -0.25) is 10.1 Å². The Balaban J connectivity index is 2.57. The maximum absolute atomic E-state index is 14.0. The molecule has 110 valence electrons. The van der Waals surface area contributed by atoms with Crippen LogP contribution in [0.15, 0.2) is 34.8 Å². The summed E-state index contributed by atoms with van der Waals surface area (Å²) in [6.07, 6.45) is 0.888. The standard InChI is InChI=1S/C14H13BrFN3O2/c1-2-7-17-13-6-5-12(19(20)21)14(18-13)10-8-9(15)3-4-11(10)16/h3-6,8H,2,7H2,1H3,(H,17,18). The number of nitrogens with zero attached hydrogens (tertiary/aromatic N) is 2. The van der Waals surface area contributed by atoms with E-state index in [0.29, 0.717) is 16.8 Å². The Morgan fingerprint density at radius 3 is 2.81 bits per heavy atom. The molecule has 21 heavy (non-hydrogen) atoms. The molecule has 1 N–H and O–H groups in total. The molecule has 1 heterocycles. The minimum absolute atomic E-state index is 0.0138. The largest absolute Gasteiger partial charge is 0.370 e. The van der Waals surface area contributed by atoms with Crippen LogP contribution in [0.25, 0.3) is 11.3 Å². The van der Waals surface area contributed by atoms with Crippen molar-refractivity contribution in [3.05, 3.63) is 50.7 Å². The second-order valence-corrected chi connectivity index (χ2v) is 5.29. The first-order valence-electron chi connectivity index (χ1n) is 6.37. The monoisotopic (exact) mass is 353 g/mol. The summed E-state index contributed by atoms with van der Waals surface area (Å²) in [5.74, 6) is -0.0710. The van der Waals surface area contributed by atoms with Crippen LogP contribution in [0.3, 0.4) is 0 Å². The van der Waals surface area contributed by atoms with E-state index < -0.39 is 10.7 Å². The predicted molar refractivity (Wildman–Crippen MR) is 82.8 cm³/mol. The fourth-order valence-electron chi connectivity index (χ4n) is 1.83. The number of aromatic nitrogens is 1. The van der Waals surface area contributed by atoms with Crippen LogP contribution in [0.2, 0.25) is 0 Å². The lowest BCUT2D eigenvalue weighted by molar-refractivity contribution is -0.384. The highest BCUT2D eigenvalue weighted by Gasteiger charge is 2.20. The zero-order chi connectivity index (χ0) is 15.4. The van der Waals surface area contributed by atoms with Crippen LogP contribution in [-0.2, 0) is 0 Å². The summed E-state index contributed by atoms with van der Waals surface area (Å²) in [7, 11) is 0. The van der Waals surface area contributed by atoms with Gasteiger partial charge in [-0.25, -0.2) is 9.37 Å². The van der Waals surface area contributed by atoms with Gasteiger partial charge < -0.3 is 5.32 Å². The van der Waals surface area contributed by atoms with Crippen LogP contribution in [-0.4, -0.2) is 16.5 Å². The quantitative estimate of drug-likeness (QED) is 0.639. The first kappa shape index (κ1) is 15.4. The Morgan fingerprint density at radius 1 is 1.38 bits per heavy atom. The van der Waals surface area contributed by atoms with Crippen molar-refractivity contribution < 1.29 is 9.31 Å². The molecule has 0 aliphatic carbocycles.